The predicted octanol–water partition coefficient (Wildman–Crippen LogP) is 4.12. The van der Waals surface area contributed by atoms with E-state index >= 15 is 0 Å². The van der Waals surface area contributed by atoms with Crippen molar-refractivity contribution in [3.63, 3.8) is 0 Å². The molecule has 1 amide bonds. The molecule has 1 heterocycles. The molecular formula is C16H11ClFN3O. The van der Waals surface area contributed by atoms with Crippen LogP contribution in [0.25, 0.3) is 11.3 Å². The highest BCUT2D eigenvalue weighted by molar-refractivity contribution is 6.30. The molecular weight excluding hydrogens is 305 g/mol. The molecule has 0 radical (unpaired) electrons. The molecule has 0 saturated heterocycles. The summed E-state index contributed by atoms with van der Waals surface area (Å²) in [7, 11) is 0. The number of nitrogens with one attached hydrogen (secondary N) is 2. The third-order valence-electron chi connectivity index (χ3n) is 3.08. The van der Waals surface area contributed by atoms with Gasteiger partial charge in [-0.05, 0) is 30.3 Å². The number of H-pyrrole nitrogens is 1. The van der Waals surface area contributed by atoms with Gasteiger partial charge in [-0.25, -0.2) is 4.39 Å². The van der Waals surface area contributed by atoms with Crippen LogP contribution in [0.5, 0.6) is 0 Å². The zero-order chi connectivity index (χ0) is 15.5. The van der Waals surface area contributed by atoms with Gasteiger partial charge in [0.15, 0.2) is 0 Å². The van der Waals surface area contributed by atoms with Crippen molar-refractivity contribution in [2.24, 2.45) is 0 Å². The predicted molar refractivity (Wildman–Crippen MR) is 83.4 cm³/mol. The summed E-state index contributed by atoms with van der Waals surface area (Å²) < 4.78 is 13.5. The van der Waals surface area contributed by atoms with Gasteiger partial charge < -0.3 is 5.32 Å². The van der Waals surface area contributed by atoms with Crippen molar-refractivity contribution in [1.82, 2.24) is 10.2 Å². The van der Waals surface area contributed by atoms with Crippen molar-refractivity contribution >= 4 is 23.2 Å². The molecule has 4 nitrogen and oxygen atoms in total. The summed E-state index contributed by atoms with van der Waals surface area (Å²) in [4.78, 5) is 12.1. The Kier molecular flexibility index (Phi) is 3.89. The van der Waals surface area contributed by atoms with Crippen molar-refractivity contribution in [1.29, 1.82) is 0 Å². The Morgan fingerprint density at radius 2 is 1.86 bits per heavy atom. The average Bonchev–Trinajstić information content (AvgIpc) is 3.00. The van der Waals surface area contributed by atoms with Crippen LogP contribution in [0.15, 0.2) is 54.6 Å². The summed E-state index contributed by atoms with van der Waals surface area (Å²) in [6, 6.07) is 14.7. The fourth-order valence-electron chi connectivity index (χ4n) is 1.96. The minimum atomic E-state index is -0.492. The molecule has 22 heavy (non-hydrogen) atoms. The largest absolute Gasteiger partial charge is 0.318 e. The van der Waals surface area contributed by atoms with Crippen molar-refractivity contribution in [3.05, 3.63) is 71.1 Å². The molecule has 0 spiro atoms. The second-order valence-electron chi connectivity index (χ2n) is 4.61. The summed E-state index contributed by atoms with van der Waals surface area (Å²) >= 11 is 5.83. The first-order chi connectivity index (χ1) is 10.6. The van der Waals surface area contributed by atoms with Gasteiger partial charge in [-0.2, -0.15) is 5.10 Å². The maximum atomic E-state index is 13.5. The Hall–Kier alpha value is -2.66. The Morgan fingerprint density at radius 1 is 1.14 bits per heavy atom. The molecule has 0 fully saturated rings. The topological polar surface area (TPSA) is 57.8 Å². The van der Waals surface area contributed by atoms with Gasteiger partial charge in [0.05, 0.1) is 11.4 Å². The summed E-state index contributed by atoms with van der Waals surface area (Å²) in [5.74, 6) is -0.953. The third-order valence-corrected chi connectivity index (χ3v) is 3.34. The molecule has 3 aromatic rings. The summed E-state index contributed by atoms with van der Waals surface area (Å²) in [5, 5.41) is 9.84. The maximum absolute atomic E-state index is 13.5. The molecule has 1 aromatic heterocycles. The fraction of sp³-hybridized carbons (Fsp3) is 0. The van der Waals surface area contributed by atoms with E-state index in [1.54, 1.807) is 42.5 Å². The Labute approximate surface area is 130 Å². The van der Waals surface area contributed by atoms with Crippen LogP contribution in [-0.4, -0.2) is 16.1 Å². The number of benzene rings is 2. The molecule has 0 bridgehead atoms. The zero-order valence-electron chi connectivity index (χ0n) is 11.3. The number of hydrogen-bond acceptors (Lipinski definition) is 2. The number of carbonyl (C=O) groups excluding carboxylic acids is 1. The number of rotatable bonds is 3. The van der Waals surface area contributed by atoms with E-state index in [1.165, 1.54) is 12.1 Å². The van der Waals surface area contributed by atoms with Crippen LogP contribution in [0, 0.1) is 5.82 Å². The van der Waals surface area contributed by atoms with Crippen LogP contribution < -0.4 is 5.32 Å². The highest BCUT2D eigenvalue weighted by Gasteiger charge is 2.12. The lowest BCUT2D eigenvalue weighted by Crippen LogP contribution is -2.13. The average molecular weight is 316 g/mol. The lowest BCUT2D eigenvalue weighted by atomic mass is 10.1. The Bertz CT molecular complexity index is 814. The SMILES string of the molecule is O=C(Nc1ccccc1F)c1cc(-c2ccc(Cl)cc2)n[nH]1. The molecule has 0 aliphatic rings. The number of halogens is 2. The van der Waals surface area contributed by atoms with Crippen LogP contribution >= 0.6 is 11.6 Å². The molecule has 0 aliphatic heterocycles. The Balaban J connectivity index is 1.80. The number of nitrogens with zero attached hydrogens (tertiary/aromatic N) is 1. The number of anilines is 1. The first-order valence-electron chi connectivity index (χ1n) is 6.51. The number of aromatic nitrogens is 2. The first kappa shape index (κ1) is 14.3. The van der Waals surface area contributed by atoms with Crippen LogP contribution in [0.4, 0.5) is 10.1 Å². The number of carbonyl (C=O) groups is 1. The summed E-state index contributed by atoms with van der Waals surface area (Å²) in [6.45, 7) is 0. The molecule has 6 heteroatoms. The molecule has 3 rings (SSSR count). The minimum Gasteiger partial charge on any atom is -0.318 e. The number of hydrogen-bond donors (Lipinski definition) is 2. The van der Waals surface area contributed by atoms with Gasteiger partial charge in [0.1, 0.15) is 11.5 Å². The van der Waals surface area contributed by atoms with Crippen molar-refractivity contribution < 1.29 is 9.18 Å². The van der Waals surface area contributed by atoms with Crippen LogP contribution in [0.3, 0.4) is 0 Å². The second kappa shape index (κ2) is 5.99. The second-order valence-corrected chi connectivity index (χ2v) is 5.04. The van der Waals surface area contributed by atoms with Crippen molar-refractivity contribution in [2.75, 3.05) is 5.32 Å². The summed E-state index contributed by atoms with van der Waals surface area (Å²) in [6.07, 6.45) is 0. The van der Waals surface area contributed by atoms with Crippen LogP contribution in [0.1, 0.15) is 10.5 Å². The molecule has 0 atom stereocenters. The zero-order valence-corrected chi connectivity index (χ0v) is 12.1. The lowest BCUT2D eigenvalue weighted by molar-refractivity contribution is 0.102. The van der Waals surface area contributed by atoms with E-state index in [0.29, 0.717) is 10.7 Å². The van der Waals surface area contributed by atoms with Crippen molar-refractivity contribution in [2.45, 2.75) is 0 Å². The molecule has 0 aliphatic carbocycles. The van der Waals surface area contributed by atoms with E-state index in [1.807, 2.05) is 0 Å². The lowest BCUT2D eigenvalue weighted by Gasteiger charge is -2.03. The van der Waals surface area contributed by atoms with E-state index in [2.05, 4.69) is 15.5 Å². The van der Waals surface area contributed by atoms with E-state index < -0.39 is 11.7 Å². The first-order valence-corrected chi connectivity index (χ1v) is 6.88. The van der Waals surface area contributed by atoms with E-state index in [-0.39, 0.29) is 11.4 Å². The van der Waals surface area contributed by atoms with Crippen LogP contribution in [-0.2, 0) is 0 Å². The fourth-order valence-corrected chi connectivity index (χ4v) is 2.08. The van der Waals surface area contributed by atoms with Crippen LogP contribution in [0.2, 0.25) is 5.02 Å². The van der Waals surface area contributed by atoms with E-state index in [4.69, 9.17) is 11.6 Å². The van der Waals surface area contributed by atoms with Gasteiger partial charge >= 0.3 is 0 Å². The highest BCUT2D eigenvalue weighted by Crippen LogP contribution is 2.21. The van der Waals surface area contributed by atoms with E-state index in [0.717, 1.165) is 5.56 Å². The highest BCUT2D eigenvalue weighted by atomic mass is 35.5. The van der Waals surface area contributed by atoms with Crippen molar-refractivity contribution in [3.8, 4) is 11.3 Å². The third kappa shape index (κ3) is 2.99. The Morgan fingerprint density at radius 3 is 2.59 bits per heavy atom. The molecule has 2 aromatic carbocycles. The van der Waals surface area contributed by atoms with Gasteiger partial charge in [0.25, 0.3) is 5.91 Å². The monoisotopic (exact) mass is 315 g/mol. The quantitative estimate of drug-likeness (QED) is 0.763. The minimum absolute atomic E-state index is 0.121. The smallest absolute Gasteiger partial charge is 0.273 e. The normalized spacial score (nSPS) is 10.5. The molecule has 2 N–H and O–H groups in total. The molecule has 0 saturated carbocycles. The van der Waals surface area contributed by atoms with E-state index in [9.17, 15) is 9.18 Å². The standard InChI is InChI=1S/C16H11ClFN3O/c17-11-7-5-10(6-8-11)14-9-15(21-20-14)16(22)19-13-4-2-1-3-12(13)18/h1-9H,(H,19,22)(H,20,21). The van der Waals surface area contributed by atoms with Gasteiger partial charge in [0, 0.05) is 10.6 Å². The maximum Gasteiger partial charge on any atom is 0.273 e. The van der Waals surface area contributed by atoms with Gasteiger partial charge in [0.2, 0.25) is 0 Å². The van der Waals surface area contributed by atoms with Gasteiger partial charge in [-0.3, -0.25) is 9.89 Å². The van der Waals surface area contributed by atoms with Gasteiger partial charge in [-0.15, -0.1) is 0 Å². The number of amides is 1. The molecule has 0 unspecified atom stereocenters. The molecule has 110 valence electrons. The van der Waals surface area contributed by atoms with Gasteiger partial charge in [-0.1, -0.05) is 35.9 Å². The number of para-hydroxylation sites is 1. The summed E-state index contributed by atoms with van der Waals surface area (Å²) in [5.41, 5.74) is 1.80. The number of aromatic amines is 1.